The minimum Gasteiger partial charge on any atom is -0.326 e. The molecular formula is C10H16N2O4S. The summed E-state index contributed by atoms with van der Waals surface area (Å²) in [5.74, 6) is -0.334. The maximum Gasteiger partial charge on any atom is 0.325 e. The van der Waals surface area contributed by atoms with E-state index in [1.165, 1.54) is 0 Å². The zero-order chi connectivity index (χ0) is 12.8. The van der Waals surface area contributed by atoms with E-state index in [1.807, 2.05) is 13.8 Å². The van der Waals surface area contributed by atoms with E-state index in [-0.39, 0.29) is 23.3 Å². The molecule has 17 heavy (non-hydrogen) atoms. The maximum atomic E-state index is 12.0. The van der Waals surface area contributed by atoms with Gasteiger partial charge in [0.1, 0.15) is 6.04 Å². The number of hydrogen-bond acceptors (Lipinski definition) is 4. The standard InChI is InChI=1S/C10H16N2O4S/c1-6(2)8-9(13)12(10(14)11-8)7-3-4-17(15,16)5-7/h6-8H,3-5H2,1-2H3,(H,11,14)/t7-,8-/m0/s1. The van der Waals surface area contributed by atoms with Crippen LogP contribution in [-0.4, -0.2) is 48.8 Å². The van der Waals surface area contributed by atoms with Gasteiger partial charge in [-0.3, -0.25) is 9.69 Å². The number of carbonyl (C=O) groups is 2. The highest BCUT2D eigenvalue weighted by Gasteiger charge is 2.46. The van der Waals surface area contributed by atoms with Gasteiger partial charge in [-0.2, -0.15) is 0 Å². The number of nitrogens with one attached hydrogen (secondary N) is 1. The molecule has 3 amide bonds. The molecule has 0 aromatic heterocycles. The normalized spacial score (nSPS) is 32.3. The van der Waals surface area contributed by atoms with Crippen LogP contribution in [0.1, 0.15) is 20.3 Å². The summed E-state index contributed by atoms with van der Waals surface area (Å²) in [6, 6.07) is -1.47. The van der Waals surface area contributed by atoms with Gasteiger partial charge in [-0.25, -0.2) is 13.2 Å². The molecule has 2 rings (SSSR count). The van der Waals surface area contributed by atoms with Gasteiger partial charge in [0.05, 0.1) is 17.5 Å². The third-order valence-corrected chi connectivity index (χ3v) is 4.99. The van der Waals surface area contributed by atoms with Gasteiger partial charge in [-0.15, -0.1) is 0 Å². The van der Waals surface area contributed by atoms with Crippen molar-refractivity contribution in [2.24, 2.45) is 5.92 Å². The topological polar surface area (TPSA) is 83.6 Å². The quantitative estimate of drug-likeness (QED) is 0.694. The van der Waals surface area contributed by atoms with E-state index in [0.717, 1.165) is 4.90 Å². The Kier molecular flexibility index (Phi) is 2.89. The van der Waals surface area contributed by atoms with Gasteiger partial charge in [0.25, 0.3) is 5.91 Å². The van der Waals surface area contributed by atoms with Gasteiger partial charge >= 0.3 is 6.03 Å². The van der Waals surface area contributed by atoms with E-state index in [4.69, 9.17) is 0 Å². The summed E-state index contributed by atoms with van der Waals surface area (Å²) in [6.07, 6.45) is 0.353. The van der Waals surface area contributed by atoms with Crippen LogP contribution in [0.4, 0.5) is 4.79 Å². The summed E-state index contributed by atoms with van der Waals surface area (Å²) < 4.78 is 22.7. The molecule has 7 heteroatoms. The molecule has 2 aliphatic heterocycles. The second-order valence-corrected chi connectivity index (χ2v) is 7.16. The molecular weight excluding hydrogens is 244 g/mol. The lowest BCUT2D eigenvalue weighted by atomic mass is 10.0. The average Bonchev–Trinajstić information content (AvgIpc) is 2.67. The summed E-state index contributed by atoms with van der Waals surface area (Å²) in [7, 11) is -3.09. The lowest BCUT2D eigenvalue weighted by Crippen LogP contribution is -2.42. The predicted molar refractivity (Wildman–Crippen MR) is 61.1 cm³/mol. The Hall–Kier alpha value is -1.11. The van der Waals surface area contributed by atoms with Crippen molar-refractivity contribution in [3.8, 4) is 0 Å². The maximum absolute atomic E-state index is 12.0. The van der Waals surface area contributed by atoms with Crippen molar-refractivity contribution in [1.29, 1.82) is 0 Å². The summed E-state index contributed by atoms with van der Waals surface area (Å²) in [6.45, 7) is 3.69. The van der Waals surface area contributed by atoms with Crippen molar-refractivity contribution >= 4 is 21.8 Å². The van der Waals surface area contributed by atoms with Gasteiger partial charge in [-0.1, -0.05) is 13.8 Å². The zero-order valence-corrected chi connectivity index (χ0v) is 10.7. The van der Waals surface area contributed by atoms with Crippen molar-refractivity contribution in [3.63, 3.8) is 0 Å². The number of sulfone groups is 1. The highest BCUT2D eigenvalue weighted by atomic mass is 32.2. The van der Waals surface area contributed by atoms with Crippen LogP contribution in [0.2, 0.25) is 0 Å². The van der Waals surface area contributed by atoms with Crippen LogP contribution < -0.4 is 5.32 Å². The first-order chi connectivity index (χ1) is 7.82. The molecule has 2 fully saturated rings. The lowest BCUT2D eigenvalue weighted by Gasteiger charge is -2.19. The minimum atomic E-state index is -3.09. The molecule has 2 atom stereocenters. The number of rotatable bonds is 2. The van der Waals surface area contributed by atoms with Crippen LogP contribution in [-0.2, 0) is 14.6 Å². The number of imide groups is 1. The molecule has 0 saturated carbocycles. The third-order valence-electron chi connectivity index (χ3n) is 3.24. The van der Waals surface area contributed by atoms with Crippen molar-refractivity contribution in [2.75, 3.05) is 11.5 Å². The molecule has 0 aromatic rings. The molecule has 2 aliphatic rings. The number of carbonyl (C=O) groups excluding carboxylic acids is 2. The Labute approximate surface area is 100 Å². The number of hydrogen-bond donors (Lipinski definition) is 1. The van der Waals surface area contributed by atoms with E-state index in [9.17, 15) is 18.0 Å². The van der Waals surface area contributed by atoms with Gasteiger partial charge in [0, 0.05) is 0 Å². The largest absolute Gasteiger partial charge is 0.326 e. The van der Waals surface area contributed by atoms with Gasteiger partial charge < -0.3 is 5.32 Å². The Bertz CT molecular complexity index is 457. The molecule has 0 spiro atoms. The molecule has 2 saturated heterocycles. The Morgan fingerprint density at radius 1 is 1.35 bits per heavy atom. The Morgan fingerprint density at radius 2 is 2.00 bits per heavy atom. The van der Waals surface area contributed by atoms with E-state index < -0.39 is 28.0 Å². The SMILES string of the molecule is CC(C)[C@@H]1NC(=O)N([C@H]2CCS(=O)(=O)C2)C1=O. The molecule has 0 radical (unpaired) electrons. The zero-order valence-electron chi connectivity index (χ0n) is 9.84. The third kappa shape index (κ3) is 2.15. The van der Waals surface area contributed by atoms with E-state index in [1.54, 1.807) is 0 Å². The molecule has 0 bridgehead atoms. The first-order valence-corrected chi connectivity index (χ1v) is 7.48. The van der Waals surface area contributed by atoms with Crippen molar-refractivity contribution in [1.82, 2.24) is 10.2 Å². The highest BCUT2D eigenvalue weighted by molar-refractivity contribution is 7.91. The van der Waals surface area contributed by atoms with E-state index >= 15 is 0 Å². The molecule has 6 nitrogen and oxygen atoms in total. The van der Waals surface area contributed by atoms with Gasteiger partial charge in [-0.05, 0) is 12.3 Å². The highest BCUT2D eigenvalue weighted by Crippen LogP contribution is 2.23. The van der Waals surface area contributed by atoms with E-state index in [2.05, 4.69) is 5.32 Å². The molecule has 96 valence electrons. The number of amides is 3. The van der Waals surface area contributed by atoms with Crippen LogP contribution in [0.3, 0.4) is 0 Å². The van der Waals surface area contributed by atoms with Crippen molar-refractivity contribution in [3.05, 3.63) is 0 Å². The molecule has 0 aliphatic carbocycles. The Balaban J connectivity index is 2.18. The predicted octanol–water partition coefficient (Wildman–Crippen LogP) is -0.250. The van der Waals surface area contributed by atoms with Crippen molar-refractivity contribution < 1.29 is 18.0 Å². The fourth-order valence-corrected chi connectivity index (χ4v) is 3.99. The van der Waals surface area contributed by atoms with Crippen molar-refractivity contribution in [2.45, 2.75) is 32.4 Å². The summed E-state index contributed by atoms with van der Waals surface area (Å²) in [5, 5.41) is 2.60. The van der Waals surface area contributed by atoms with Gasteiger partial charge in [0.2, 0.25) is 0 Å². The van der Waals surface area contributed by atoms with Crippen LogP contribution in [0, 0.1) is 5.92 Å². The minimum absolute atomic E-state index is 0.00876. The molecule has 2 heterocycles. The van der Waals surface area contributed by atoms with E-state index in [0.29, 0.717) is 6.42 Å². The number of nitrogens with zero attached hydrogens (tertiary/aromatic N) is 1. The van der Waals surface area contributed by atoms with Crippen LogP contribution in [0.5, 0.6) is 0 Å². The van der Waals surface area contributed by atoms with Crippen LogP contribution in [0.15, 0.2) is 0 Å². The molecule has 1 N–H and O–H groups in total. The molecule has 0 aromatic carbocycles. The second kappa shape index (κ2) is 3.97. The summed E-state index contributed by atoms with van der Waals surface area (Å²) in [5.41, 5.74) is 0. The second-order valence-electron chi connectivity index (χ2n) is 4.94. The van der Waals surface area contributed by atoms with Crippen LogP contribution >= 0.6 is 0 Å². The van der Waals surface area contributed by atoms with Gasteiger partial charge in [0.15, 0.2) is 9.84 Å². The first-order valence-electron chi connectivity index (χ1n) is 5.66. The fraction of sp³-hybridized carbons (Fsp3) is 0.800. The summed E-state index contributed by atoms with van der Waals surface area (Å²) in [4.78, 5) is 24.8. The summed E-state index contributed by atoms with van der Waals surface area (Å²) >= 11 is 0. The fourth-order valence-electron chi connectivity index (χ4n) is 2.29. The first kappa shape index (κ1) is 12.3. The number of urea groups is 1. The van der Waals surface area contributed by atoms with Crippen LogP contribution in [0.25, 0.3) is 0 Å². The lowest BCUT2D eigenvalue weighted by molar-refractivity contribution is -0.129. The average molecular weight is 260 g/mol. The smallest absolute Gasteiger partial charge is 0.325 e. The Morgan fingerprint density at radius 3 is 2.41 bits per heavy atom. The monoisotopic (exact) mass is 260 g/mol. The molecule has 0 unspecified atom stereocenters.